The summed E-state index contributed by atoms with van der Waals surface area (Å²) in [7, 11) is -3.68. The first-order chi connectivity index (χ1) is 15.4. The number of thiophene rings is 1. The molecule has 0 radical (unpaired) electrons. The Morgan fingerprint density at radius 1 is 1.15 bits per heavy atom. The lowest BCUT2D eigenvalue weighted by Crippen LogP contribution is -2.28. The highest BCUT2D eigenvalue weighted by atomic mass is 32.2. The van der Waals surface area contributed by atoms with Crippen molar-refractivity contribution in [2.45, 2.75) is 57.8 Å². The van der Waals surface area contributed by atoms with Gasteiger partial charge >= 0.3 is 0 Å². The first-order valence-corrected chi connectivity index (χ1v) is 13.1. The molecule has 1 aliphatic heterocycles. The number of carbonyl (C=O) groups is 1. The third-order valence-corrected chi connectivity index (χ3v) is 8.85. The Hall–Kier alpha value is -2.56. The fraction of sp³-hybridized carbons (Fsp3) is 0.435. The van der Waals surface area contributed by atoms with E-state index in [1.165, 1.54) is 33.8 Å². The number of aromatic nitrogens is 2. The van der Waals surface area contributed by atoms with Crippen molar-refractivity contribution in [1.82, 2.24) is 14.3 Å². The van der Waals surface area contributed by atoms with E-state index in [9.17, 15) is 18.3 Å². The molecule has 1 fully saturated rings. The summed E-state index contributed by atoms with van der Waals surface area (Å²) >= 11 is 1.26. The first-order valence-electron chi connectivity index (χ1n) is 10.8. The predicted molar refractivity (Wildman–Crippen MR) is 130 cm³/mol. The van der Waals surface area contributed by atoms with Gasteiger partial charge in [0.05, 0.1) is 21.2 Å². The van der Waals surface area contributed by atoms with Crippen LogP contribution in [0.4, 0.5) is 5.69 Å². The summed E-state index contributed by atoms with van der Waals surface area (Å²) in [6.07, 6.45) is 1.65. The molecule has 2 N–H and O–H groups in total. The van der Waals surface area contributed by atoms with E-state index in [0.29, 0.717) is 23.8 Å². The van der Waals surface area contributed by atoms with Crippen LogP contribution in [0.5, 0.6) is 5.75 Å². The number of aryl methyl sites for hydroxylation is 2. The van der Waals surface area contributed by atoms with Gasteiger partial charge in [-0.05, 0) is 50.5 Å². The molecule has 8 nitrogen and oxygen atoms in total. The van der Waals surface area contributed by atoms with Gasteiger partial charge in [0.15, 0.2) is 0 Å². The lowest BCUT2D eigenvalue weighted by Gasteiger charge is -2.17. The van der Waals surface area contributed by atoms with Crippen LogP contribution in [-0.2, 0) is 15.4 Å². The molecule has 0 aliphatic carbocycles. The van der Waals surface area contributed by atoms with Crippen LogP contribution in [0.3, 0.4) is 0 Å². The first kappa shape index (κ1) is 23.6. The lowest BCUT2D eigenvalue weighted by molar-refractivity contribution is 0.102. The minimum Gasteiger partial charge on any atom is -0.506 e. The molecule has 1 saturated heterocycles. The number of nitrogens with one attached hydrogen (secondary N) is 1. The normalized spacial score (nSPS) is 15.3. The predicted octanol–water partition coefficient (Wildman–Crippen LogP) is 4.35. The Bertz CT molecular complexity index is 1350. The quantitative estimate of drug-likeness (QED) is 0.528. The maximum Gasteiger partial charge on any atom is 0.266 e. The highest BCUT2D eigenvalue weighted by Gasteiger charge is 2.28. The summed E-state index contributed by atoms with van der Waals surface area (Å²) in [5.74, 6) is 0.0740. The van der Waals surface area contributed by atoms with Crippen molar-refractivity contribution in [1.29, 1.82) is 0 Å². The molecule has 1 aromatic carbocycles. The molecule has 0 unspecified atom stereocenters. The van der Waals surface area contributed by atoms with Gasteiger partial charge in [0.1, 0.15) is 16.4 Å². The fourth-order valence-corrected chi connectivity index (χ4v) is 6.59. The van der Waals surface area contributed by atoms with Crippen LogP contribution in [-0.4, -0.2) is 46.8 Å². The number of phenols is 1. The molecule has 2 aromatic heterocycles. The Morgan fingerprint density at radius 2 is 1.82 bits per heavy atom. The standard InChI is InChI=1S/C23H28N4O4S2/c1-13-18-14(2)24-22(23(3,4)5)26-21(18)32-19(13)20(29)25-16-12-15(8-9-17(16)28)33(30,31)27-10-6-7-11-27/h8-9,12,28H,6-7,10-11H2,1-5H3,(H,25,29). The summed E-state index contributed by atoms with van der Waals surface area (Å²) < 4.78 is 27.2. The molecular formula is C23H28N4O4S2. The Morgan fingerprint density at radius 3 is 2.45 bits per heavy atom. The number of anilines is 1. The Kier molecular flexibility index (Phi) is 5.96. The zero-order valence-electron chi connectivity index (χ0n) is 19.4. The molecule has 4 rings (SSSR count). The molecule has 176 valence electrons. The van der Waals surface area contributed by atoms with E-state index in [1.54, 1.807) is 0 Å². The van der Waals surface area contributed by atoms with Gasteiger partial charge in [0.2, 0.25) is 10.0 Å². The van der Waals surface area contributed by atoms with Gasteiger partial charge < -0.3 is 10.4 Å². The third kappa shape index (κ3) is 4.34. The number of carbonyl (C=O) groups excluding carboxylic acids is 1. The van der Waals surface area contributed by atoms with E-state index >= 15 is 0 Å². The van der Waals surface area contributed by atoms with Crippen LogP contribution in [0.25, 0.3) is 10.2 Å². The second-order valence-electron chi connectivity index (χ2n) is 9.36. The zero-order chi connectivity index (χ0) is 24.1. The Balaban J connectivity index is 1.69. The number of hydrogen-bond donors (Lipinski definition) is 2. The van der Waals surface area contributed by atoms with Crippen molar-refractivity contribution >= 4 is 43.2 Å². The van der Waals surface area contributed by atoms with Crippen LogP contribution in [0.15, 0.2) is 23.1 Å². The lowest BCUT2D eigenvalue weighted by atomic mass is 9.95. The number of sulfonamides is 1. The van der Waals surface area contributed by atoms with Gasteiger partial charge in [-0.15, -0.1) is 11.3 Å². The van der Waals surface area contributed by atoms with E-state index in [-0.39, 0.29) is 21.7 Å². The minimum atomic E-state index is -3.68. The molecule has 0 saturated carbocycles. The number of fused-ring (bicyclic) bond motifs is 1. The largest absolute Gasteiger partial charge is 0.506 e. The molecule has 1 aliphatic rings. The van der Waals surface area contributed by atoms with E-state index in [1.807, 2.05) is 34.6 Å². The third-order valence-electron chi connectivity index (χ3n) is 5.77. The van der Waals surface area contributed by atoms with E-state index in [2.05, 4.69) is 15.3 Å². The maximum atomic E-state index is 13.1. The molecule has 3 heterocycles. The topological polar surface area (TPSA) is 112 Å². The number of nitrogens with zero attached hydrogens (tertiary/aromatic N) is 3. The van der Waals surface area contributed by atoms with Gasteiger partial charge in [-0.3, -0.25) is 4.79 Å². The van der Waals surface area contributed by atoms with Crippen LogP contribution < -0.4 is 5.32 Å². The minimum absolute atomic E-state index is 0.0436. The van der Waals surface area contributed by atoms with Crippen LogP contribution in [0.2, 0.25) is 0 Å². The second kappa shape index (κ2) is 8.34. The fourth-order valence-electron chi connectivity index (χ4n) is 3.92. The smallest absolute Gasteiger partial charge is 0.266 e. The van der Waals surface area contributed by atoms with Gasteiger partial charge in [0.25, 0.3) is 5.91 Å². The summed E-state index contributed by atoms with van der Waals surface area (Å²) in [6.45, 7) is 10.8. The summed E-state index contributed by atoms with van der Waals surface area (Å²) in [5, 5.41) is 13.8. The van der Waals surface area contributed by atoms with Crippen molar-refractivity contribution in [2.75, 3.05) is 18.4 Å². The molecule has 0 atom stereocenters. The van der Waals surface area contributed by atoms with Crippen molar-refractivity contribution < 1.29 is 18.3 Å². The van der Waals surface area contributed by atoms with E-state index in [4.69, 9.17) is 0 Å². The van der Waals surface area contributed by atoms with Gasteiger partial charge in [0, 0.05) is 23.9 Å². The molecule has 33 heavy (non-hydrogen) atoms. The molecule has 3 aromatic rings. The average molecular weight is 489 g/mol. The van der Waals surface area contributed by atoms with E-state index < -0.39 is 15.9 Å². The maximum absolute atomic E-state index is 13.1. The summed E-state index contributed by atoms with van der Waals surface area (Å²) in [4.78, 5) is 23.7. The van der Waals surface area contributed by atoms with Crippen LogP contribution in [0.1, 0.15) is 60.4 Å². The number of phenolic OH excluding ortho intramolecular Hbond substituents is 1. The van der Waals surface area contributed by atoms with Gasteiger partial charge in [-0.2, -0.15) is 4.31 Å². The average Bonchev–Trinajstić information content (AvgIpc) is 3.38. The SMILES string of the molecule is Cc1nc(C(C)(C)C)nc2sc(C(=O)Nc3cc(S(=O)(=O)N4CCCC4)ccc3O)c(C)c12. The van der Waals surface area contributed by atoms with Crippen LogP contribution >= 0.6 is 11.3 Å². The number of hydrogen-bond acceptors (Lipinski definition) is 7. The van der Waals surface area contributed by atoms with Crippen molar-refractivity contribution in [2.24, 2.45) is 0 Å². The number of benzene rings is 1. The monoisotopic (exact) mass is 488 g/mol. The number of amides is 1. The summed E-state index contributed by atoms with van der Waals surface area (Å²) in [5.41, 5.74) is 1.38. The molecule has 0 spiro atoms. The van der Waals surface area contributed by atoms with Crippen LogP contribution in [0, 0.1) is 13.8 Å². The van der Waals surface area contributed by atoms with Crippen molar-refractivity contribution in [3.8, 4) is 5.75 Å². The highest BCUT2D eigenvalue weighted by molar-refractivity contribution is 7.89. The van der Waals surface area contributed by atoms with Crippen molar-refractivity contribution in [3.05, 3.63) is 40.2 Å². The number of rotatable bonds is 4. The molecule has 1 amide bonds. The van der Waals surface area contributed by atoms with Crippen molar-refractivity contribution in [3.63, 3.8) is 0 Å². The molecular weight excluding hydrogens is 460 g/mol. The highest BCUT2D eigenvalue weighted by Crippen LogP contribution is 2.35. The van der Waals surface area contributed by atoms with E-state index in [0.717, 1.165) is 34.3 Å². The summed E-state index contributed by atoms with van der Waals surface area (Å²) in [6, 6.07) is 3.96. The number of aromatic hydroxyl groups is 1. The van der Waals surface area contributed by atoms with Gasteiger partial charge in [-0.25, -0.2) is 18.4 Å². The molecule has 10 heteroatoms. The van der Waals surface area contributed by atoms with Gasteiger partial charge in [-0.1, -0.05) is 20.8 Å². The molecule has 0 bridgehead atoms. The zero-order valence-corrected chi connectivity index (χ0v) is 21.0. The Labute approximate surface area is 197 Å². The second-order valence-corrected chi connectivity index (χ2v) is 12.3.